The first-order valence-electron chi connectivity index (χ1n) is 7.03. The maximum absolute atomic E-state index is 11.8. The van der Waals surface area contributed by atoms with Crippen LogP contribution in [0, 0.1) is 5.92 Å². The summed E-state index contributed by atoms with van der Waals surface area (Å²) in [5, 5.41) is 8.18. The normalized spacial score (nSPS) is 12.1. The van der Waals surface area contributed by atoms with Gasteiger partial charge in [-0.15, -0.1) is 0 Å². The Hall–Kier alpha value is -2.08. The predicted octanol–water partition coefficient (Wildman–Crippen LogP) is 2.14. The molecule has 116 valence electrons. The lowest BCUT2D eigenvalue weighted by atomic mass is 10.0. The fraction of sp³-hybridized carbons (Fsp3) is 0.467. The number of rotatable bonds is 5. The molecule has 21 heavy (non-hydrogen) atoms. The summed E-state index contributed by atoms with van der Waals surface area (Å²) in [6.45, 7) is 7.56. The minimum Gasteiger partial charge on any atom is -0.336 e. The molecule has 1 rings (SSSR count). The topological polar surface area (TPSA) is 96.2 Å². The first-order chi connectivity index (χ1) is 9.79. The van der Waals surface area contributed by atoms with Gasteiger partial charge in [0.05, 0.1) is 6.04 Å². The Morgan fingerprint density at radius 2 is 1.43 bits per heavy atom. The third-order valence-corrected chi connectivity index (χ3v) is 2.85. The van der Waals surface area contributed by atoms with Gasteiger partial charge < -0.3 is 21.7 Å². The Labute approximate surface area is 125 Å². The monoisotopic (exact) mass is 292 g/mol. The number of hydrogen-bond acceptors (Lipinski definition) is 3. The van der Waals surface area contributed by atoms with Gasteiger partial charge in [-0.25, -0.2) is 4.79 Å². The van der Waals surface area contributed by atoms with E-state index < -0.39 is 6.04 Å². The van der Waals surface area contributed by atoms with Gasteiger partial charge in [0.15, 0.2) is 0 Å². The van der Waals surface area contributed by atoms with Gasteiger partial charge in [0.25, 0.3) is 0 Å². The highest BCUT2D eigenvalue weighted by atomic mass is 16.2. The zero-order valence-electron chi connectivity index (χ0n) is 12.9. The summed E-state index contributed by atoms with van der Waals surface area (Å²) in [4.78, 5) is 23.4. The second-order valence-electron chi connectivity index (χ2n) is 5.59. The number of nitrogens with one attached hydrogen (secondary N) is 3. The fourth-order valence-corrected chi connectivity index (χ4v) is 1.59. The summed E-state index contributed by atoms with van der Waals surface area (Å²) in [6, 6.07) is 6.14. The third kappa shape index (κ3) is 5.83. The number of hydrogen-bond donors (Lipinski definition) is 4. The summed E-state index contributed by atoms with van der Waals surface area (Å²) in [6.07, 6.45) is 0. The van der Waals surface area contributed by atoms with Crippen LogP contribution in [-0.2, 0) is 4.79 Å². The molecule has 0 aliphatic rings. The van der Waals surface area contributed by atoms with E-state index in [-0.39, 0.29) is 23.9 Å². The summed E-state index contributed by atoms with van der Waals surface area (Å²) >= 11 is 0. The summed E-state index contributed by atoms with van der Waals surface area (Å²) < 4.78 is 0. The van der Waals surface area contributed by atoms with Crippen molar-refractivity contribution >= 4 is 23.3 Å². The summed E-state index contributed by atoms with van der Waals surface area (Å²) in [5.74, 6) is -0.145. The standard InChI is InChI=1S/C15H24N4O2/c1-9(2)13(16)14(20)18-11-5-7-12(8-6-11)19-15(21)17-10(3)4/h5-10,13H,16H2,1-4H3,(H,18,20)(H2,17,19,21)/t13-/m0/s1. The van der Waals surface area contributed by atoms with E-state index >= 15 is 0 Å². The van der Waals surface area contributed by atoms with Crippen LogP contribution < -0.4 is 21.7 Å². The van der Waals surface area contributed by atoms with Crippen molar-refractivity contribution in [3.8, 4) is 0 Å². The molecule has 6 nitrogen and oxygen atoms in total. The van der Waals surface area contributed by atoms with Crippen LogP contribution in [0.25, 0.3) is 0 Å². The van der Waals surface area contributed by atoms with Gasteiger partial charge in [-0.1, -0.05) is 13.8 Å². The number of carbonyl (C=O) groups excluding carboxylic acids is 2. The van der Waals surface area contributed by atoms with Crippen LogP contribution in [0.2, 0.25) is 0 Å². The molecule has 0 heterocycles. The Balaban J connectivity index is 2.58. The zero-order valence-corrected chi connectivity index (χ0v) is 12.9. The van der Waals surface area contributed by atoms with Crippen molar-refractivity contribution in [2.45, 2.75) is 39.8 Å². The molecular formula is C15H24N4O2. The molecule has 0 aromatic heterocycles. The van der Waals surface area contributed by atoms with Gasteiger partial charge >= 0.3 is 6.03 Å². The molecule has 3 amide bonds. The Morgan fingerprint density at radius 1 is 0.952 bits per heavy atom. The SMILES string of the molecule is CC(C)NC(=O)Nc1ccc(NC(=O)[C@@H](N)C(C)C)cc1. The van der Waals surface area contributed by atoms with Crippen LogP contribution in [0.15, 0.2) is 24.3 Å². The third-order valence-electron chi connectivity index (χ3n) is 2.85. The number of carbonyl (C=O) groups is 2. The van der Waals surface area contributed by atoms with E-state index in [1.54, 1.807) is 24.3 Å². The van der Waals surface area contributed by atoms with Crippen LogP contribution in [0.3, 0.4) is 0 Å². The zero-order chi connectivity index (χ0) is 16.0. The predicted molar refractivity (Wildman–Crippen MR) is 85.2 cm³/mol. The minimum atomic E-state index is -0.542. The number of amides is 3. The molecular weight excluding hydrogens is 268 g/mol. The van der Waals surface area contributed by atoms with Crippen molar-refractivity contribution < 1.29 is 9.59 Å². The Kier molecular flexibility index (Phi) is 6.17. The molecule has 5 N–H and O–H groups in total. The number of anilines is 2. The van der Waals surface area contributed by atoms with Crippen molar-refractivity contribution in [1.82, 2.24) is 5.32 Å². The second kappa shape index (κ2) is 7.64. The highest BCUT2D eigenvalue weighted by Gasteiger charge is 2.17. The highest BCUT2D eigenvalue weighted by molar-refractivity contribution is 5.95. The van der Waals surface area contributed by atoms with E-state index in [4.69, 9.17) is 5.73 Å². The van der Waals surface area contributed by atoms with Crippen molar-refractivity contribution in [3.63, 3.8) is 0 Å². The summed E-state index contributed by atoms with van der Waals surface area (Å²) in [7, 11) is 0. The van der Waals surface area contributed by atoms with Crippen molar-refractivity contribution in [1.29, 1.82) is 0 Å². The molecule has 6 heteroatoms. The van der Waals surface area contributed by atoms with Crippen LogP contribution in [-0.4, -0.2) is 24.0 Å². The van der Waals surface area contributed by atoms with Gasteiger partial charge in [0, 0.05) is 17.4 Å². The maximum Gasteiger partial charge on any atom is 0.319 e. The number of urea groups is 1. The van der Waals surface area contributed by atoms with Crippen molar-refractivity contribution in [2.75, 3.05) is 10.6 Å². The van der Waals surface area contributed by atoms with Crippen LogP contribution in [0.5, 0.6) is 0 Å². The Morgan fingerprint density at radius 3 is 1.86 bits per heavy atom. The van der Waals surface area contributed by atoms with Gasteiger partial charge in [-0.3, -0.25) is 4.79 Å². The van der Waals surface area contributed by atoms with Crippen molar-refractivity contribution in [2.24, 2.45) is 11.7 Å². The van der Waals surface area contributed by atoms with E-state index in [1.807, 2.05) is 27.7 Å². The number of benzene rings is 1. The molecule has 0 aliphatic carbocycles. The molecule has 0 saturated heterocycles. The van der Waals surface area contributed by atoms with Gasteiger partial charge in [0.1, 0.15) is 0 Å². The van der Waals surface area contributed by atoms with E-state index in [9.17, 15) is 9.59 Å². The molecule has 1 aromatic rings. The first-order valence-corrected chi connectivity index (χ1v) is 7.03. The van der Waals surface area contributed by atoms with Crippen LogP contribution in [0.4, 0.5) is 16.2 Å². The molecule has 0 bridgehead atoms. The average Bonchev–Trinajstić information content (AvgIpc) is 2.38. The second-order valence-corrected chi connectivity index (χ2v) is 5.59. The van der Waals surface area contributed by atoms with E-state index in [2.05, 4.69) is 16.0 Å². The average molecular weight is 292 g/mol. The largest absolute Gasteiger partial charge is 0.336 e. The Bertz CT molecular complexity index is 483. The molecule has 0 aliphatic heterocycles. The first kappa shape index (κ1) is 17.0. The lowest BCUT2D eigenvalue weighted by molar-refractivity contribution is -0.118. The van der Waals surface area contributed by atoms with E-state index in [0.29, 0.717) is 11.4 Å². The number of nitrogens with two attached hydrogens (primary N) is 1. The molecule has 1 atom stereocenters. The van der Waals surface area contributed by atoms with E-state index in [1.165, 1.54) is 0 Å². The molecule has 0 spiro atoms. The smallest absolute Gasteiger partial charge is 0.319 e. The molecule has 0 saturated carbocycles. The molecule has 0 fully saturated rings. The summed E-state index contributed by atoms with van der Waals surface area (Å²) in [5.41, 5.74) is 7.07. The lowest BCUT2D eigenvalue weighted by Crippen LogP contribution is -2.39. The van der Waals surface area contributed by atoms with Gasteiger partial charge in [-0.2, -0.15) is 0 Å². The lowest BCUT2D eigenvalue weighted by Gasteiger charge is -2.15. The van der Waals surface area contributed by atoms with E-state index in [0.717, 1.165) is 0 Å². The van der Waals surface area contributed by atoms with Crippen LogP contribution in [0.1, 0.15) is 27.7 Å². The fourth-order valence-electron chi connectivity index (χ4n) is 1.59. The van der Waals surface area contributed by atoms with Crippen molar-refractivity contribution in [3.05, 3.63) is 24.3 Å². The molecule has 0 unspecified atom stereocenters. The maximum atomic E-state index is 11.8. The highest BCUT2D eigenvalue weighted by Crippen LogP contribution is 2.14. The van der Waals surface area contributed by atoms with Gasteiger partial charge in [-0.05, 0) is 44.0 Å². The van der Waals surface area contributed by atoms with Crippen LogP contribution >= 0.6 is 0 Å². The molecule has 1 aromatic carbocycles. The quantitative estimate of drug-likeness (QED) is 0.669. The minimum absolute atomic E-state index is 0.0704. The molecule has 0 radical (unpaired) electrons. The van der Waals surface area contributed by atoms with Gasteiger partial charge in [0.2, 0.25) is 5.91 Å².